The molecule has 1 atom stereocenters. The van der Waals surface area contributed by atoms with Crippen molar-refractivity contribution in [3.8, 4) is 0 Å². The number of urea groups is 1. The largest absolute Gasteiger partial charge is 0.479 e. The molecule has 1 saturated heterocycles. The molecule has 0 aliphatic carbocycles. The number of rotatable bonds is 3. The summed E-state index contributed by atoms with van der Waals surface area (Å²) >= 11 is 0. The number of nitrogens with zero attached hydrogens (tertiary/aromatic N) is 1. The van der Waals surface area contributed by atoms with Gasteiger partial charge in [0.1, 0.15) is 0 Å². The van der Waals surface area contributed by atoms with Crippen molar-refractivity contribution >= 4 is 21.8 Å². The van der Waals surface area contributed by atoms with Gasteiger partial charge in [0.15, 0.2) is 15.9 Å². The third-order valence-corrected chi connectivity index (χ3v) is 3.97. The van der Waals surface area contributed by atoms with Gasteiger partial charge in [-0.15, -0.1) is 0 Å². The number of carboxylic acid groups (broad SMARTS) is 1. The summed E-state index contributed by atoms with van der Waals surface area (Å²) in [5, 5.41) is 19.5. The number of aliphatic carboxylic acids is 1. The van der Waals surface area contributed by atoms with Crippen LogP contribution in [0.5, 0.6) is 0 Å². The van der Waals surface area contributed by atoms with Gasteiger partial charge in [-0.25, -0.2) is 18.0 Å². The second-order valence-electron chi connectivity index (χ2n) is 3.68. The Balaban J connectivity index is 2.37. The lowest BCUT2D eigenvalue weighted by Gasteiger charge is -2.27. The quantitative estimate of drug-likeness (QED) is 0.536. The van der Waals surface area contributed by atoms with Crippen molar-refractivity contribution in [2.45, 2.75) is 6.10 Å². The van der Waals surface area contributed by atoms with Crippen molar-refractivity contribution in [2.75, 3.05) is 31.1 Å². The zero-order valence-electron chi connectivity index (χ0n) is 9.00. The highest BCUT2D eigenvalue weighted by atomic mass is 32.2. The maximum absolute atomic E-state index is 11.5. The molecule has 1 unspecified atom stereocenters. The fourth-order valence-electron chi connectivity index (χ4n) is 1.30. The van der Waals surface area contributed by atoms with Crippen LogP contribution in [0.2, 0.25) is 0 Å². The zero-order chi connectivity index (χ0) is 13.1. The van der Waals surface area contributed by atoms with Gasteiger partial charge >= 0.3 is 12.0 Å². The number of sulfone groups is 1. The van der Waals surface area contributed by atoms with E-state index in [1.165, 1.54) is 4.90 Å². The minimum atomic E-state index is -3.06. The van der Waals surface area contributed by atoms with Crippen molar-refractivity contribution in [3.05, 3.63) is 0 Å². The highest BCUT2D eigenvalue weighted by molar-refractivity contribution is 7.91. The Bertz CT molecular complexity index is 392. The highest BCUT2D eigenvalue weighted by Gasteiger charge is 2.25. The van der Waals surface area contributed by atoms with E-state index in [0.717, 1.165) is 0 Å². The van der Waals surface area contributed by atoms with Crippen LogP contribution in [-0.4, -0.2) is 72.8 Å². The number of carbonyl (C=O) groups is 2. The smallest absolute Gasteiger partial charge is 0.334 e. The lowest BCUT2D eigenvalue weighted by Crippen LogP contribution is -2.50. The third kappa shape index (κ3) is 4.19. The standard InChI is InChI=1S/C8H14N2O6S/c11-6(7(12)13)5-9-8(14)10-1-3-17(15,16)4-2-10/h6,11H,1-5H2,(H,9,14)(H,12,13). The Morgan fingerprint density at radius 3 is 2.29 bits per heavy atom. The molecule has 0 radical (unpaired) electrons. The van der Waals surface area contributed by atoms with E-state index in [-0.39, 0.29) is 24.6 Å². The van der Waals surface area contributed by atoms with Gasteiger partial charge in [-0.1, -0.05) is 0 Å². The molecule has 0 bridgehead atoms. The van der Waals surface area contributed by atoms with Crippen LogP contribution in [0.25, 0.3) is 0 Å². The number of hydrogen-bond donors (Lipinski definition) is 3. The molecule has 0 aromatic heterocycles. The summed E-state index contributed by atoms with van der Waals surface area (Å²) in [6, 6.07) is -0.569. The van der Waals surface area contributed by atoms with Crippen molar-refractivity contribution in [3.63, 3.8) is 0 Å². The van der Waals surface area contributed by atoms with Gasteiger partial charge in [-0.2, -0.15) is 0 Å². The lowest BCUT2D eigenvalue weighted by molar-refractivity contribution is -0.146. The number of aliphatic hydroxyl groups excluding tert-OH is 1. The summed E-state index contributed by atoms with van der Waals surface area (Å²) in [5.41, 5.74) is 0. The van der Waals surface area contributed by atoms with Crippen LogP contribution in [0, 0.1) is 0 Å². The first-order chi connectivity index (χ1) is 7.82. The molecular formula is C8H14N2O6S. The van der Waals surface area contributed by atoms with Crippen molar-refractivity contribution in [1.29, 1.82) is 0 Å². The summed E-state index contributed by atoms with van der Waals surface area (Å²) in [6.45, 7) is -0.244. The Labute approximate surface area is 98.1 Å². The first-order valence-electron chi connectivity index (χ1n) is 4.96. The molecule has 0 spiro atoms. The van der Waals surface area contributed by atoms with E-state index in [0.29, 0.717) is 0 Å². The Kier molecular flexibility index (Phi) is 4.29. The van der Waals surface area contributed by atoms with E-state index >= 15 is 0 Å². The Morgan fingerprint density at radius 2 is 1.82 bits per heavy atom. The molecule has 1 fully saturated rings. The molecule has 3 N–H and O–H groups in total. The number of aliphatic hydroxyl groups is 1. The van der Waals surface area contributed by atoms with E-state index in [2.05, 4.69) is 5.32 Å². The van der Waals surface area contributed by atoms with Crippen LogP contribution in [0.3, 0.4) is 0 Å². The molecule has 98 valence electrons. The highest BCUT2D eigenvalue weighted by Crippen LogP contribution is 2.03. The van der Waals surface area contributed by atoms with Crippen LogP contribution < -0.4 is 5.32 Å². The average Bonchev–Trinajstić information content (AvgIpc) is 2.25. The van der Waals surface area contributed by atoms with Crippen LogP contribution in [-0.2, 0) is 14.6 Å². The second-order valence-corrected chi connectivity index (χ2v) is 5.98. The zero-order valence-corrected chi connectivity index (χ0v) is 9.81. The molecule has 0 aromatic rings. The number of nitrogens with one attached hydrogen (secondary N) is 1. The molecule has 1 heterocycles. The maximum atomic E-state index is 11.5. The molecule has 1 aliphatic rings. The predicted molar refractivity (Wildman–Crippen MR) is 57.3 cm³/mol. The summed E-state index contributed by atoms with van der Waals surface area (Å²) in [7, 11) is -3.06. The number of amides is 2. The molecule has 1 rings (SSSR count). The number of carboxylic acids is 1. The summed E-state index contributed by atoms with van der Waals surface area (Å²) in [5.74, 6) is -1.62. The summed E-state index contributed by atoms with van der Waals surface area (Å²) in [6.07, 6.45) is -1.66. The summed E-state index contributed by atoms with van der Waals surface area (Å²) < 4.78 is 22.2. The van der Waals surface area contributed by atoms with Crippen LogP contribution in [0.15, 0.2) is 0 Å². The van der Waals surface area contributed by atoms with Gasteiger partial charge in [0.25, 0.3) is 0 Å². The van der Waals surface area contributed by atoms with Crippen LogP contribution in [0.1, 0.15) is 0 Å². The molecule has 1 aliphatic heterocycles. The minimum Gasteiger partial charge on any atom is -0.479 e. The van der Waals surface area contributed by atoms with Crippen molar-refractivity contribution in [1.82, 2.24) is 10.2 Å². The molecule has 2 amide bonds. The van der Waals surface area contributed by atoms with E-state index < -0.39 is 34.5 Å². The predicted octanol–water partition coefficient (Wildman–Crippen LogP) is -2.13. The van der Waals surface area contributed by atoms with E-state index in [1.54, 1.807) is 0 Å². The number of carbonyl (C=O) groups excluding carboxylic acids is 1. The van der Waals surface area contributed by atoms with Gasteiger partial charge in [0, 0.05) is 13.1 Å². The Morgan fingerprint density at radius 1 is 1.29 bits per heavy atom. The second kappa shape index (κ2) is 5.32. The van der Waals surface area contributed by atoms with E-state index in [1.807, 2.05) is 0 Å². The monoisotopic (exact) mass is 266 g/mol. The average molecular weight is 266 g/mol. The molecule has 17 heavy (non-hydrogen) atoms. The third-order valence-electron chi connectivity index (χ3n) is 2.36. The van der Waals surface area contributed by atoms with Crippen LogP contribution in [0.4, 0.5) is 4.79 Å². The topological polar surface area (TPSA) is 124 Å². The summed E-state index contributed by atoms with van der Waals surface area (Å²) in [4.78, 5) is 23.0. The van der Waals surface area contributed by atoms with Crippen molar-refractivity contribution in [2.24, 2.45) is 0 Å². The first-order valence-corrected chi connectivity index (χ1v) is 6.78. The van der Waals surface area contributed by atoms with E-state index in [9.17, 15) is 18.0 Å². The minimum absolute atomic E-state index is 0.0807. The number of hydrogen-bond acceptors (Lipinski definition) is 5. The molecule has 0 saturated carbocycles. The fourth-order valence-corrected chi connectivity index (χ4v) is 2.50. The lowest BCUT2D eigenvalue weighted by atomic mass is 10.3. The van der Waals surface area contributed by atoms with Gasteiger partial charge in [-0.05, 0) is 0 Å². The molecule has 8 nitrogen and oxygen atoms in total. The van der Waals surface area contributed by atoms with Crippen LogP contribution >= 0.6 is 0 Å². The fraction of sp³-hybridized carbons (Fsp3) is 0.750. The van der Waals surface area contributed by atoms with Gasteiger partial charge in [0.2, 0.25) is 0 Å². The van der Waals surface area contributed by atoms with Gasteiger partial charge in [-0.3, -0.25) is 0 Å². The van der Waals surface area contributed by atoms with E-state index in [4.69, 9.17) is 10.2 Å². The first kappa shape index (κ1) is 13.7. The van der Waals surface area contributed by atoms with Gasteiger partial charge < -0.3 is 20.4 Å². The maximum Gasteiger partial charge on any atom is 0.334 e. The molecule has 9 heteroatoms. The molecule has 0 aromatic carbocycles. The van der Waals surface area contributed by atoms with Crippen molar-refractivity contribution < 1.29 is 28.2 Å². The van der Waals surface area contributed by atoms with Gasteiger partial charge in [0.05, 0.1) is 18.1 Å². The SMILES string of the molecule is O=C(O)C(O)CNC(=O)N1CCS(=O)(=O)CC1. The normalized spacial score (nSPS) is 20.6. The Hall–Kier alpha value is -1.35. The molecular weight excluding hydrogens is 252 g/mol.